The van der Waals surface area contributed by atoms with Crippen molar-refractivity contribution in [3.63, 3.8) is 0 Å². The van der Waals surface area contributed by atoms with E-state index in [2.05, 4.69) is 16.8 Å². The molecular formula is C24H21ClN6S. The van der Waals surface area contributed by atoms with E-state index in [9.17, 15) is 0 Å². The molecule has 4 rings (SSSR count). The van der Waals surface area contributed by atoms with Crippen molar-refractivity contribution in [3.05, 3.63) is 95.6 Å². The first-order valence-corrected chi connectivity index (χ1v) is 11.0. The number of rotatable bonds is 6. The number of aliphatic imine (C=N–C) groups is 1. The molecule has 0 bridgehead atoms. The molecule has 0 saturated heterocycles. The lowest BCUT2D eigenvalue weighted by atomic mass is 10.1. The van der Waals surface area contributed by atoms with Crippen molar-refractivity contribution >= 4 is 35.9 Å². The maximum atomic E-state index is 6.05. The van der Waals surface area contributed by atoms with Crippen LogP contribution in [0.2, 0.25) is 5.02 Å². The highest BCUT2D eigenvalue weighted by Crippen LogP contribution is 2.36. The van der Waals surface area contributed by atoms with Crippen molar-refractivity contribution in [2.75, 3.05) is 7.05 Å². The number of hydrazine groups is 1. The minimum Gasteiger partial charge on any atom is -0.243 e. The number of hydrogen-bond acceptors (Lipinski definition) is 5. The quantitative estimate of drug-likeness (QED) is 0.178. The predicted octanol–water partition coefficient (Wildman–Crippen LogP) is 5.51. The lowest BCUT2D eigenvalue weighted by Gasteiger charge is -2.08. The fourth-order valence-electron chi connectivity index (χ4n) is 3.08. The fourth-order valence-corrected chi connectivity index (χ4v) is 4.14. The normalized spacial score (nSPS) is 11.4. The van der Waals surface area contributed by atoms with Gasteiger partial charge in [-0.15, -0.1) is 5.10 Å². The van der Waals surface area contributed by atoms with Crippen molar-refractivity contribution in [1.29, 1.82) is 0 Å². The molecule has 3 aromatic carbocycles. The first-order chi connectivity index (χ1) is 15.5. The summed E-state index contributed by atoms with van der Waals surface area (Å²) in [5, 5.41) is 11.0. The molecule has 1 aromatic heterocycles. The average molecular weight is 461 g/mol. The minimum absolute atomic E-state index is 0.451. The van der Waals surface area contributed by atoms with Crippen LogP contribution < -0.4 is 5.84 Å². The molecule has 0 amide bonds. The van der Waals surface area contributed by atoms with Gasteiger partial charge in [-0.25, -0.2) is 20.6 Å². The van der Waals surface area contributed by atoms with E-state index in [4.69, 9.17) is 22.5 Å². The van der Waals surface area contributed by atoms with E-state index in [-0.39, 0.29) is 0 Å². The zero-order valence-electron chi connectivity index (χ0n) is 17.4. The molecule has 2 N–H and O–H groups in total. The summed E-state index contributed by atoms with van der Waals surface area (Å²) in [5.74, 6) is 6.07. The Morgan fingerprint density at radius 1 is 1.03 bits per heavy atom. The third-order valence-electron chi connectivity index (χ3n) is 4.56. The highest BCUT2D eigenvalue weighted by atomic mass is 35.5. The summed E-state index contributed by atoms with van der Waals surface area (Å²) in [6.45, 7) is 3.58. The molecule has 0 unspecified atom stereocenters. The monoisotopic (exact) mass is 460 g/mol. The summed E-state index contributed by atoms with van der Waals surface area (Å²) in [6, 6.07) is 25.7. The third kappa shape index (κ3) is 5.08. The molecule has 0 radical (unpaired) electrons. The molecule has 1 heterocycles. The number of amidine groups is 1. The van der Waals surface area contributed by atoms with Gasteiger partial charge in [0.25, 0.3) is 0 Å². The van der Waals surface area contributed by atoms with Gasteiger partial charge in [0.2, 0.25) is 0 Å². The van der Waals surface area contributed by atoms with Crippen LogP contribution in [0.3, 0.4) is 0 Å². The van der Waals surface area contributed by atoms with E-state index >= 15 is 0 Å². The van der Waals surface area contributed by atoms with Gasteiger partial charge in [0.1, 0.15) is 5.69 Å². The summed E-state index contributed by atoms with van der Waals surface area (Å²) >= 11 is 7.69. The van der Waals surface area contributed by atoms with E-state index in [1.807, 2.05) is 89.7 Å². The largest absolute Gasteiger partial charge is 0.243 e. The molecule has 32 heavy (non-hydrogen) atoms. The van der Waals surface area contributed by atoms with Gasteiger partial charge < -0.3 is 0 Å². The smallest absolute Gasteiger partial charge is 0.180 e. The van der Waals surface area contributed by atoms with Crippen molar-refractivity contribution < 1.29 is 0 Å². The molecule has 0 saturated carbocycles. The first-order valence-electron chi connectivity index (χ1n) is 9.76. The standard InChI is InChI=1S/C24H21ClN6S/c1-27-24(29-30(2)26)18-10-8-17(9-11-18)23-22(32-21-14-12-19(25)13-15-21)16-31(28-23)20-6-4-3-5-7-20/h3-16H,1,26H2,2H3/b29-24-. The number of hydrogen-bond donors (Lipinski definition) is 1. The Morgan fingerprint density at radius 3 is 2.34 bits per heavy atom. The van der Waals surface area contributed by atoms with Gasteiger partial charge in [0.15, 0.2) is 5.84 Å². The summed E-state index contributed by atoms with van der Waals surface area (Å²) in [7, 11) is 1.63. The van der Waals surface area contributed by atoms with Gasteiger partial charge in [-0.3, -0.25) is 0 Å². The maximum absolute atomic E-state index is 6.05. The highest BCUT2D eigenvalue weighted by Gasteiger charge is 2.14. The van der Waals surface area contributed by atoms with Crippen LogP contribution in [0.5, 0.6) is 0 Å². The average Bonchev–Trinajstić information content (AvgIpc) is 3.23. The van der Waals surface area contributed by atoms with Crippen LogP contribution >= 0.6 is 23.4 Å². The molecule has 0 aliphatic carbocycles. The van der Waals surface area contributed by atoms with E-state index in [1.54, 1.807) is 18.8 Å². The van der Waals surface area contributed by atoms with Gasteiger partial charge in [0, 0.05) is 34.3 Å². The Labute approximate surface area is 196 Å². The highest BCUT2D eigenvalue weighted by molar-refractivity contribution is 7.99. The molecule has 0 atom stereocenters. The van der Waals surface area contributed by atoms with Gasteiger partial charge in [-0.2, -0.15) is 5.10 Å². The minimum atomic E-state index is 0.451. The second-order valence-electron chi connectivity index (χ2n) is 6.91. The molecule has 6 nitrogen and oxygen atoms in total. The van der Waals surface area contributed by atoms with Crippen LogP contribution in [0.25, 0.3) is 16.9 Å². The Hall–Kier alpha value is -3.39. The summed E-state index contributed by atoms with van der Waals surface area (Å²) in [6.07, 6.45) is 2.04. The number of halogens is 1. The fraction of sp³-hybridized carbons (Fsp3) is 0.0417. The van der Waals surface area contributed by atoms with Gasteiger partial charge in [-0.05, 0) is 43.1 Å². The summed E-state index contributed by atoms with van der Waals surface area (Å²) in [5.41, 5.74) is 3.66. The van der Waals surface area contributed by atoms with Crippen LogP contribution in [0.4, 0.5) is 0 Å². The van der Waals surface area contributed by atoms with Crippen molar-refractivity contribution in [2.45, 2.75) is 9.79 Å². The zero-order valence-corrected chi connectivity index (χ0v) is 19.0. The number of hydrazone groups is 1. The molecule has 8 heteroatoms. The van der Waals surface area contributed by atoms with E-state index < -0.39 is 0 Å². The van der Waals surface area contributed by atoms with E-state index in [0.29, 0.717) is 10.9 Å². The topological polar surface area (TPSA) is 71.8 Å². The first kappa shape index (κ1) is 21.8. The molecular weight excluding hydrogens is 440 g/mol. The number of para-hydroxylation sites is 1. The van der Waals surface area contributed by atoms with E-state index in [1.165, 1.54) is 5.12 Å². The second-order valence-corrected chi connectivity index (χ2v) is 8.46. The van der Waals surface area contributed by atoms with Crippen molar-refractivity contribution in [3.8, 4) is 16.9 Å². The van der Waals surface area contributed by atoms with Crippen LogP contribution in [-0.4, -0.2) is 34.5 Å². The summed E-state index contributed by atoms with van der Waals surface area (Å²) < 4.78 is 1.89. The molecule has 4 aromatic rings. The van der Waals surface area contributed by atoms with Crippen molar-refractivity contribution in [2.24, 2.45) is 15.9 Å². The molecule has 0 aliphatic rings. The number of aromatic nitrogens is 2. The molecule has 0 aliphatic heterocycles. The Kier molecular flexibility index (Phi) is 6.70. The summed E-state index contributed by atoms with van der Waals surface area (Å²) in [4.78, 5) is 6.08. The second kappa shape index (κ2) is 9.82. The van der Waals surface area contributed by atoms with Crippen LogP contribution in [0.1, 0.15) is 5.56 Å². The van der Waals surface area contributed by atoms with Crippen molar-refractivity contribution in [1.82, 2.24) is 14.9 Å². The van der Waals surface area contributed by atoms with Crippen LogP contribution in [0.15, 0.2) is 105 Å². The molecule has 0 spiro atoms. The van der Waals surface area contributed by atoms with Gasteiger partial charge >= 0.3 is 0 Å². The van der Waals surface area contributed by atoms with Gasteiger partial charge in [0.05, 0.1) is 10.6 Å². The lowest BCUT2D eigenvalue weighted by Crippen LogP contribution is -2.21. The van der Waals surface area contributed by atoms with Crippen LogP contribution in [-0.2, 0) is 0 Å². The number of nitrogens with zero attached hydrogens (tertiary/aromatic N) is 5. The third-order valence-corrected chi connectivity index (χ3v) is 5.84. The molecule has 160 valence electrons. The Bertz CT molecular complexity index is 1230. The zero-order chi connectivity index (χ0) is 22.5. The SMILES string of the molecule is C=N/C(=N\N(C)N)c1ccc(-c2nn(-c3ccccc3)cc2Sc2ccc(Cl)cc2)cc1. The van der Waals surface area contributed by atoms with E-state index in [0.717, 1.165) is 32.3 Å². The molecule has 0 fully saturated rings. The Balaban J connectivity index is 1.74. The maximum Gasteiger partial charge on any atom is 0.180 e. The predicted molar refractivity (Wildman–Crippen MR) is 133 cm³/mol. The number of nitrogens with two attached hydrogens (primary N) is 1. The lowest BCUT2D eigenvalue weighted by molar-refractivity contribution is 0.372. The number of benzene rings is 3. The Morgan fingerprint density at radius 2 is 1.72 bits per heavy atom. The van der Waals surface area contributed by atoms with Gasteiger partial charge in [-0.1, -0.05) is 65.8 Å². The van der Waals surface area contributed by atoms with Crippen LogP contribution in [0, 0.1) is 0 Å².